The van der Waals surface area contributed by atoms with Gasteiger partial charge in [-0.05, 0) is 49.2 Å². The van der Waals surface area contributed by atoms with Gasteiger partial charge >= 0.3 is 0 Å². The molecule has 0 aliphatic heterocycles. The van der Waals surface area contributed by atoms with E-state index in [1.807, 2.05) is 6.07 Å². The summed E-state index contributed by atoms with van der Waals surface area (Å²) < 4.78 is 3.44. The summed E-state index contributed by atoms with van der Waals surface area (Å²) in [6.07, 6.45) is 8.69. The number of hydrogen-bond donors (Lipinski definition) is 0. The lowest BCUT2D eigenvalue weighted by molar-refractivity contribution is 0.979. The van der Waals surface area contributed by atoms with Crippen LogP contribution in [-0.2, 0) is 0 Å². The molecule has 4 rings (SSSR count). The molecule has 21 heavy (non-hydrogen) atoms. The van der Waals surface area contributed by atoms with Crippen LogP contribution >= 0.6 is 27.5 Å². The van der Waals surface area contributed by atoms with Crippen molar-refractivity contribution in [3.8, 4) is 0 Å². The largest absolute Gasteiger partial charge is 0.313 e. The Bertz CT molecular complexity index is 918. The molecular formula is C18H13BrClN. The first kappa shape index (κ1) is 13.2. The summed E-state index contributed by atoms with van der Waals surface area (Å²) in [5, 5.41) is 3.27. The van der Waals surface area contributed by atoms with Crippen molar-refractivity contribution in [1.29, 1.82) is 0 Å². The molecule has 104 valence electrons. The average molecular weight is 359 g/mol. The van der Waals surface area contributed by atoms with E-state index in [0.717, 1.165) is 22.3 Å². The van der Waals surface area contributed by atoms with Gasteiger partial charge in [0.15, 0.2) is 0 Å². The highest BCUT2D eigenvalue weighted by molar-refractivity contribution is 9.10. The second-order valence-corrected chi connectivity index (χ2v) is 6.64. The van der Waals surface area contributed by atoms with Gasteiger partial charge < -0.3 is 4.57 Å². The fourth-order valence-corrected chi connectivity index (χ4v) is 3.58. The Hall–Kier alpha value is -1.51. The number of halogens is 2. The highest BCUT2D eigenvalue weighted by Gasteiger charge is 2.14. The fourth-order valence-electron chi connectivity index (χ4n) is 3.05. The summed E-state index contributed by atoms with van der Waals surface area (Å²) in [4.78, 5) is 0. The molecule has 0 unspecified atom stereocenters. The zero-order valence-corrected chi connectivity index (χ0v) is 13.7. The second kappa shape index (κ2) is 5.04. The Morgan fingerprint density at radius 3 is 2.71 bits per heavy atom. The van der Waals surface area contributed by atoms with E-state index < -0.39 is 0 Å². The Kier molecular flexibility index (Phi) is 3.16. The summed E-state index contributed by atoms with van der Waals surface area (Å²) in [5.74, 6) is 0. The third-order valence-corrected chi connectivity index (χ3v) is 4.70. The standard InChI is InChI=1S/C18H13BrClN/c19-12-6-9-17-16(10-12)15-8-7-13(20)11-18(15)21(17)14-4-2-1-3-5-14/h1-2,4,6-11H,3,5H2. The van der Waals surface area contributed by atoms with Crippen LogP contribution in [0.25, 0.3) is 27.5 Å². The minimum absolute atomic E-state index is 0.776. The van der Waals surface area contributed by atoms with Crippen molar-refractivity contribution in [1.82, 2.24) is 4.57 Å². The summed E-state index contributed by atoms with van der Waals surface area (Å²) in [6.45, 7) is 0. The van der Waals surface area contributed by atoms with Crippen molar-refractivity contribution >= 4 is 55.0 Å². The normalized spacial score (nSPS) is 14.9. The predicted octanol–water partition coefficient (Wildman–Crippen LogP) is 6.40. The summed E-state index contributed by atoms with van der Waals surface area (Å²) in [7, 11) is 0. The van der Waals surface area contributed by atoms with E-state index in [4.69, 9.17) is 11.6 Å². The second-order valence-electron chi connectivity index (χ2n) is 5.28. The summed E-state index contributed by atoms with van der Waals surface area (Å²) in [6, 6.07) is 12.6. The lowest BCUT2D eigenvalue weighted by atomic mass is 10.1. The van der Waals surface area contributed by atoms with Crippen LogP contribution in [0.2, 0.25) is 5.02 Å². The molecule has 0 atom stereocenters. The van der Waals surface area contributed by atoms with E-state index in [1.165, 1.54) is 27.5 Å². The van der Waals surface area contributed by atoms with Crippen molar-refractivity contribution in [3.63, 3.8) is 0 Å². The van der Waals surface area contributed by atoms with Crippen molar-refractivity contribution in [2.75, 3.05) is 0 Å². The Morgan fingerprint density at radius 2 is 1.90 bits per heavy atom. The van der Waals surface area contributed by atoms with Crippen molar-refractivity contribution in [2.24, 2.45) is 0 Å². The third kappa shape index (κ3) is 2.14. The molecule has 0 bridgehead atoms. The average Bonchev–Trinajstić information content (AvgIpc) is 2.81. The minimum atomic E-state index is 0.776. The van der Waals surface area contributed by atoms with E-state index in [1.54, 1.807) is 0 Å². The quantitative estimate of drug-likeness (QED) is 0.474. The van der Waals surface area contributed by atoms with Crippen molar-refractivity contribution < 1.29 is 0 Å². The maximum Gasteiger partial charge on any atom is 0.0552 e. The molecule has 2 aromatic carbocycles. The van der Waals surface area contributed by atoms with Crippen LogP contribution in [0.3, 0.4) is 0 Å². The van der Waals surface area contributed by atoms with Gasteiger partial charge in [0, 0.05) is 26.0 Å². The van der Waals surface area contributed by atoms with Crippen molar-refractivity contribution in [2.45, 2.75) is 12.8 Å². The fraction of sp³-hybridized carbons (Fsp3) is 0.111. The molecule has 0 spiro atoms. The van der Waals surface area contributed by atoms with Gasteiger partial charge in [0.1, 0.15) is 0 Å². The SMILES string of the molecule is Clc1ccc2c3cc(Br)ccc3n(C3=CC=CCC3)c2c1. The van der Waals surface area contributed by atoms with Gasteiger partial charge in [-0.3, -0.25) is 0 Å². The number of hydrogen-bond acceptors (Lipinski definition) is 0. The zero-order chi connectivity index (χ0) is 14.4. The monoisotopic (exact) mass is 357 g/mol. The lowest BCUT2D eigenvalue weighted by Gasteiger charge is -2.13. The molecule has 1 nitrogen and oxygen atoms in total. The first-order valence-electron chi connectivity index (χ1n) is 6.99. The predicted molar refractivity (Wildman–Crippen MR) is 94.8 cm³/mol. The Morgan fingerprint density at radius 1 is 1.00 bits per heavy atom. The topological polar surface area (TPSA) is 4.93 Å². The van der Waals surface area contributed by atoms with Crippen LogP contribution < -0.4 is 0 Å². The molecule has 0 amide bonds. The molecule has 1 aliphatic carbocycles. The highest BCUT2D eigenvalue weighted by Crippen LogP contribution is 2.36. The number of aromatic nitrogens is 1. The molecular weight excluding hydrogens is 346 g/mol. The molecule has 0 saturated heterocycles. The van der Waals surface area contributed by atoms with Crippen LogP contribution in [0.1, 0.15) is 12.8 Å². The molecule has 0 fully saturated rings. The Labute approximate surface area is 136 Å². The maximum atomic E-state index is 6.23. The highest BCUT2D eigenvalue weighted by atomic mass is 79.9. The van der Waals surface area contributed by atoms with E-state index in [0.29, 0.717) is 0 Å². The van der Waals surface area contributed by atoms with Gasteiger partial charge in [-0.25, -0.2) is 0 Å². The molecule has 1 aromatic heterocycles. The molecule has 1 aliphatic rings. The number of rotatable bonds is 1. The van der Waals surface area contributed by atoms with E-state index >= 15 is 0 Å². The van der Waals surface area contributed by atoms with Gasteiger partial charge in [0.05, 0.1) is 11.0 Å². The van der Waals surface area contributed by atoms with Gasteiger partial charge in [-0.1, -0.05) is 45.7 Å². The number of allylic oxidation sites excluding steroid dienone is 4. The van der Waals surface area contributed by atoms with Crippen LogP contribution in [0.5, 0.6) is 0 Å². The first-order valence-corrected chi connectivity index (χ1v) is 8.16. The first-order chi connectivity index (χ1) is 10.2. The van der Waals surface area contributed by atoms with Crippen LogP contribution in [0, 0.1) is 0 Å². The van der Waals surface area contributed by atoms with Gasteiger partial charge in [-0.2, -0.15) is 0 Å². The smallest absolute Gasteiger partial charge is 0.0552 e. The zero-order valence-electron chi connectivity index (χ0n) is 11.3. The maximum absolute atomic E-state index is 6.23. The van der Waals surface area contributed by atoms with E-state index in [9.17, 15) is 0 Å². The van der Waals surface area contributed by atoms with Crippen LogP contribution in [0.4, 0.5) is 0 Å². The van der Waals surface area contributed by atoms with Gasteiger partial charge in [0.25, 0.3) is 0 Å². The number of fused-ring (bicyclic) bond motifs is 3. The third-order valence-electron chi connectivity index (χ3n) is 3.97. The molecule has 3 aromatic rings. The molecule has 0 radical (unpaired) electrons. The lowest BCUT2D eigenvalue weighted by Crippen LogP contribution is -1.98. The summed E-state index contributed by atoms with van der Waals surface area (Å²) in [5.41, 5.74) is 3.73. The van der Waals surface area contributed by atoms with Crippen LogP contribution in [-0.4, -0.2) is 4.57 Å². The number of nitrogens with zero attached hydrogens (tertiary/aromatic N) is 1. The Balaban J connectivity index is 2.17. The molecule has 1 heterocycles. The van der Waals surface area contributed by atoms with Gasteiger partial charge in [0.2, 0.25) is 0 Å². The van der Waals surface area contributed by atoms with Crippen LogP contribution in [0.15, 0.2) is 59.1 Å². The minimum Gasteiger partial charge on any atom is -0.313 e. The number of benzene rings is 2. The van der Waals surface area contributed by atoms with E-state index in [2.05, 4.69) is 69.1 Å². The summed E-state index contributed by atoms with van der Waals surface area (Å²) >= 11 is 9.81. The van der Waals surface area contributed by atoms with E-state index in [-0.39, 0.29) is 0 Å². The molecule has 0 N–H and O–H groups in total. The molecule has 3 heteroatoms. The van der Waals surface area contributed by atoms with Gasteiger partial charge in [-0.15, -0.1) is 0 Å². The molecule has 0 saturated carbocycles. The van der Waals surface area contributed by atoms with Crippen molar-refractivity contribution in [3.05, 3.63) is 64.1 Å².